The molecule has 0 radical (unpaired) electrons. The van der Waals surface area contributed by atoms with E-state index in [0.29, 0.717) is 17.4 Å². The molecule has 1 aromatic heterocycles. The van der Waals surface area contributed by atoms with Crippen molar-refractivity contribution in [1.29, 1.82) is 0 Å². The first kappa shape index (κ1) is 18.8. The molecule has 0 spiro atoms. The Bertz CT molecular complexity index is 863. The molecule has 1 fully saturated rings. The van der Waals surface area contributed by atoms with Crippen molar-refractivity contribution in [2.75, 3.05) is 17.7 Å². The summed E-state index contributed by atoms with van der Waals surface area (Å²) in [5.74, 6) is 1.27. The number of fused-ring (bicyclic) bond motifs is 1. The Morgan fingerprint density at radius 1 is 1.33 bits per heavy atom. The van der Waals surface area contributed by atoms with Gasteiger partial charge in [-0.1, -0.05) is 23.7 Å². The van der Waals surface area contributed by atoms with E-state index in [1.807, 2.05) is 35.9 Å². The fraction of sp³-hybridized carbons (Fsp3) is 0.500. The second-order valence-corrected chi connectivity index (χ2v) is 9.37. The number of amides is 1. The second-order valence-electron chi connectivity index (χ2n) is 7.84. The number of anilines is 1. The molecule has 1 N–H and O–H groups in total. The molecule has 1 amide bonds. The zero-order valence-electron chi connectivity index (χ0n) is 15.8. The number of aryl methyl sites for hydroxylation is 1. The first-order valence-corrected chi connectivity index (χ1v) is 10.7. The Hall–Kier alpha value is -1.50. The molecular formula is C20H24ClN3O2S. The molecular weight excluding hydrogens is 382 g/mol. The summed E-state index contributed by atoms with van der Waals surface area (Å²) in [6.45, 7) is 6.95. The molecule has 0 saturated carbocycles. The maximum Gasteiger partial charge on any atom is 0.235 e. The van der Waals surface area contributed by atoms with E-state index < -0.39 is 0 Å². The lowest BCUT2D eigenvalue weighted by atomic mass is 9.94. The van der Waals surface area contributed by atoms with Gasteiger partial charge in [0.15, 0.2) is 0 Å². The van der Waals surface area contributed by atoms with Crippen molar-refractivity contribution in [3.8, 4) is 0 Å². The number of halogens is 1. The summed E-state index contributed by atoms with van der Waals surface area (Å²) in [6, 6.07) is 8.09. The summed E-state index contributed by atoms with van der Waals surface area (Å²) < 4.78 is 7.90. The number of carbonyl (C=O) groups excluding carboxylic acids is 1. The molecule has 2 aliphatic rings. The molecule has 5 nitrogen and oxygen atoms in total. The van der Waals surface area contributed by atoms with Gasteiger partial charge in [-0.2, -0.15) is 5.10 Å². The Labute approximate surface area is 168 Å². The lowest BCUT2D eigenvalue weighted by Gasteiger charge is -2.36. The van der Waals surface area contributed by atoms with Gasteiger partial charge in [-0.3, -0.25) is 4.79 Å². The minimum atomic E-state index is -0.186. The van der Waals surface area contributed by atoms with Gasteiger partial charge in [0.25, 0.3) is 0 Å². The van der Waals surface area contributed by atoms with Crippen LogP contribution in [0.4, 0.5) is 5.82 Å². The molecule has 0 bridgehead atoms. The van der Waals surface area contributed by atoms with E-state index in [2.05, 4.69) is 19.2 Å². The van der Waals surface area contributed by atoms with Crippen LogP contribution in [-0.2, 0) is 9.53 Å². The Morgan fingerprint density at radius 3 is 2.78 bits per heavy atom. The van der Waals surface area contributed by atoms with Gasteiger partial charge in [0.1, 0.15) is 5.82 Å². The van der Waals surface area contributed by atoms with E-state index in [-0.39, 0.29) is 22.8 Å². The van der Waals surface area contributed by atoms with Crippen molar-refractivity contribution in [2.45, 2.75) is 50.5 Å². The van der Waals surface area contributed by atoms with Crippen LogP contribution in [0.3, 0.4) is 0 Å². The monoisotopic (exact) mass is 405 g/mol. The van der Waals surface area contributed by atoms with E-state index in [1.54, 1.807) is 11.8 Å². The highest BCUT2D eigenvalue weighted by Gasteiger charge is 2.35. The van der Waals surface area contributed by atoms with Gasteiger partial charge in [0.2, 0.25) is 5.91 Å². The van der Waals surface area contributed by atoms with Crippen molar-refractivity contribution >= 4 is 35.1 Å². The molecule has 7 heteroatoms. The number of hydrogen-bond donors (Lipinski definition) is 1. The largest absolute Gasteiger partial charge is 0.375 e. The summed E-state index contributed by atoms with van der Waals surface area (Å²) in [5.41, 5.74) is 3.01. The van der Waals surface area contributed by atoms with Crippen LogP contribution in [0.25, 0.3) is 0 Å². The zero-order valence-corrected chi connectivity index (χ0v) is 17.4. The summed E-state index contributed by atoms with van der Waals surface area (Å²) in [4.78, 5) is 12.4. The van der Waals surface area contributed by atoms with E-state index in [4.69, 9.17) is 21.4 Å². The van der Waals surface area contributed by atoms with E-state index >= 15 is 0 Å². The minimum absolute atomic E-state index is 0.0187. The first-order valence-electron chi connectivity index (χ1n) is 9.24. The van der Waals surface area contributed by atoms with Crippen molar-refractivity contribution in [3.63, 3.8) is 0 Å². The lowest BCUT2D eigenvalue weighted by molar-refractivity contribution is -0.113. The van der Waals surface area contributed by atoms with Gasteiger partial charge in [0.05, 0.1) is 28.3 Å². The second kappa shape index (κ2) is 7.15. The smallest absolute Gasteiger partial charge is 0.235 e. The van der Waals surface area contributed by atoms with Crippen molar-refractivity contribution in [3.05, 3.63) is 46.1 Å². The molecule has 1 aromatic carbocycles. The highest BCUT2D eigenvalue weighted by molar-refractivity contribution is 8.00. The van der Waals surface area contributed by atoms with Gasteiger partial charge < -0.3 is 10.1 Å². The average molecular weight is 406 g/mol. The molecule has 0 unspecified atom stereocenters. The molecule has 144 valence electrons. The number of aromatic nitrogens is 2. The van der Waals surface area contributed by atoms with Crippen LogP contribution >= 0.6 is 23.4 Å². The predicted octanol–water partition coefficient (Wildman–Crippen LogP) is 4.75. The molecule has 3 heterocycles. The van der Waals surface area contributed by atoms with Gasteiger partial charge in [-0.15, -0.1) is 11.8 Å². The number of thioether (sulfide) groups is 1. The van der Waals surface area contributed by atoms with Crippen LogP contribution in [-0.4, -0.2) is 33.6 Å². The highest BCUT2D eigenvalue weighted by atomic mass is 35.5. The van der Waals surface area contributed by atoms with Crippen LogP contribution in [0.1, 0.15) is 54.8 Å². The quantitative estimate of drug-likeness (QED) is 0.783. The fourth-order valence-corrected chi connectivity index (χ4v) is 5.30. The molecule has 2 aliphatic heterocycles. The maximum atomic E-state index is 12.4. The van der Waals surface area contributed by atoms with Crippen LogP contribution in [0.2, 0.25) is 5.02 Å². The molecule has 27 heavy (non-hydrogen) atoms. The van der Waals surface area contributed by atoms with Gasteiger partial charge >= 0.3 is 0 Å². The SMILES string of the molecule is Cc1nn([C@H]2CCOC(C)(C)C2)c2c1[C@@H](c1ccc(Cl)cc1)SCC(=O)N2. The standard InChI is InChI=1S/C20H24ClN3O2S/c1-12-17-18(13-4-6-14(21)7-5-13)27-11-16(25)22-19(17)24(23-12)15-8-9-26-20(2,3)10-15/h4-7,15,18H,8-11H2,1-3H3,(H,22,25)/t15-,18+/m0/s1. The van der Waals surface area contributed by atoms with E-state index in [0.717, 1.165) is 35.5 Å². The van der Waals surface area contributed by atoms with Crippen molar-refractivity contribution in [2.24, 2.45) is 0 Å². The predicted molar refractivity (Wildman–Crippen MR) is 110 cm³/mol. The van der Waals surface area contributed by atoms with Crippen LogP contribution in [0, 0.1) is 6.92 Å². The summed E-state index contributed by atoms with van der Waals surface area (Å²) in [5, 5.41) is 8.74. The average Bonchev–Trinajstić information content (AvgIpc) is 2.81. The Morgan fingerprint density at radius 2 is 2.07 bits per heavy atom. The maximum absolute atomic E-state index is 12.4. The third-order valence-electron chi connectivity index (χ3n) is 5.22. The minimum Gasteiger partial charge on any atom is -0.375 e. The number of nitrogens with zero attached hydrogens (tertiary/aromatic N) is 2. The van der Waals surface area contributed by atoms with E-state index in [1.165, 1.54) is 0 Å². The number of carbonyl (C=O) groups is 1. The molecule has 2 aromatic rings. The van der Waals surface area contributed by atoms with Crippen LogP contribution in [0.5, 0.6) is 0 Å². The van der Waals surface area contributed by atoms with Crippen LogP contribution < -0.4 is 5.32 Å². The molecule has 2 atom stereocenters. The van der Waals surface area contributed by atoms with E-state index in [9.17, 15) is 4.79 Å². The molecule has 0 aliphatic carbocycles. The number of ether oxygens (including phenoxy) is 1. The summed E-state index contributed by atoms with van der Waals surface area (Å²) in [7, 11) is 0. The molecule has 1 saturated heterocycles. The van der Waals surface area contributed by atoms with Crippen LogP contribution in [0.15, 0.2) is 24.3 Å². The van der Waals surface area contributed by atoms with Gasteiger partial charge in [-0.05, 0) is 51.3 Å². The van der Waals surface area contributed by atoms with Gasteiger partial charge in [0, 0.05) is 17.2 Å². The van der Waals surface area contributed by atoms with Crippen molar-refractivity contribution < 1.29 is 9.53 Å². The highest BCUT2D eigenvalue weighted by Crippen LogP contribution is 2.45. The lowest BCUT2D eigenvalue weighted by Crippen LogP contribution is -2.36. The van der Waals surface area contributed by atoms with Gasteiger partial charge in [-0.25, -0.2) is 4.68 Å². The summed E-state index contributed by atoms with van der Waals surface area (Å²) in [6.07, 6.45) is 1.76. The Kier molecular flexibility index (Phi) is 4.99. The Balaban J connectivity index is 1.78. The number of rotatable bonds is 2. The topological polar surface area (TPSA) is 56.2 Å². The normalized spacial score (nSPS) is 24.8. The van der Waals surface area contributed by atoms with Crippen molar-refractivity contribution in [1.82, 2.24) is 9.78 Å². The summed E-state index contributed by atoms with van der Waals surface area (Å²) >= 11 is 7.70. The number of hydrogen-bond acceptors (Lipinski definition) is 4. The zero-order chi connectivity index (χ0) is 19.2. The molecule has 4 rings (SSSR count). The number of nitrogens with one attached hydrogen (secondary N) is 1. The number of benzene rings is 1. The fourth-order valence-electron chi connectivity index (χ4n) is 3.98. The third kappa shape index (κ3) is 3.75. The first-order chi connectivity index (χ1) is 12.8. The third-order valence-corrected chi connectivity index (χ3v) is 6.74.